The number of nitrogens with one attached hydrogen (secondary N) is 1. The van der Waals surface area contributed by atoms with E-state index in [9.17, 15) is 0 Å². The molecule has 1 aromatic rings. The number of benzene rings is 1. The second-order valence-corrected chi connectivity index (χ2v) is 4.08. The topological polar surface area (TPSA) is 54.3 Å². The van der Waals surface area contributed by atoms with E-state index in [0.717, 1.165) is 12.8 Å². The number of para-hydroxylation sites is 2. The first-order valence-corrected chi connectivity index (χ1v) is 5.75. The minimum absolute atomic E-state index is 0.257. The van der Waals surface area contributed by atoms with Gasteiger partial charge in [-0.1, -0.05) is 12.1 Å². The zero-order valence-electron chi connectivity index (χ0n) is 9.85. The molecule has 1 fully saturated rings. The Labute approximate surface area is 101 Å². The molecule has 4 heteroatoms. The maximum atomic E-state index is 8.98. The summed E-state index contributed by atoms with van der Waals surface area (Å²) >= 11 is 0. The summed E-state index contributed by atoms with van der Waals surface area (Å²) in [6.45, 7) is 0.341. The highest BCUT2D eigenvalue weighted by atomic mass is 16.5. The van der Waals surface area contributed by atoms with Crippen molar-refractivity contribution in [1.29, 1.82) is 5.26 Å². The average Bonchev–Trinajstić information content (AvgIpc) is 3.18. The minimum Gasteiger partial charge on any atom is -0.493 e. The SMILES string of the molecule is COc1ccccc1OCC(C#N)NC1CC1. The molecule has 0 bridgehead atoms. The van der Waals surface area contributed by atoms with Gasteiger partial charge in [0, 0.05) is 6.04 Å². The molecule has 0 aliphatic heterocycles. The van der Waals surface area contributed by atoms with Gasteiger partial charge in [0.05, 0.1) is 13.2 Å². The van der Waals surface area contributed by atoms with Crippen molar-refractivity contribution in [2.45, 2.75) is 24.9 Å². The van der Waals surface area contributed by atoms with E-state index in [4.69, 9.17) is 14.7 Å². The van der Waals surface area contributed by atoms with Gasteiger partial charge < -0.3 is 9.47 Å². The summed E-state index contributed by atoms with van der Waals surface area (Å²) in [5.41, 5.74) is 0. The van der Waals surface area contributed by atoms with Gasteiger partial charge in [0.1, 0.15) is 12.6 Å². The zero-order chi connectivity index (χ0) is 12.1. The summed E-state index contributed by atoms with van der Waals surface area (Å²) < 4.78 is 10.8. The van der Waals surface area contributed by atoms with Crippen LogP contribution >= 0.6 is 0 Å². The number of hydrogen-bond donors (Lipinski definition) is 1. The van der Waals surface area contributed by atoms with Crippen LogP contribution in [0, 0.1) is 11.3 Å². The van der Waals surface area contributed by atoms with Gasteiger partial charge in [-0.2, -0.15) is 5.26 Å². The molecule has 4 nitrogen and oxygen atoms in total. The Kier molecular flexibility index (Phi) is 3.84. The smallest absolute Gasteiger partial charge is 0.161 e. The lowest BCUT2D eigenvalue weighted by Crippen LogP contribution is -2.34. The fourth-order valence-electron chi connectivity index (χ4n) is 1.57. The van der Waals surface area contributed by atoms with Crippen molar-refractivity contribution in [2.75, 3.05) is 13.7 Å². The van der Waals surface area contributed by atoms with Crippen molar-refractivity contribution in [3.63, 3.8) is 0 Å². The van der Waals surface area contributed by atoms with Gasteiger partial charge in [-0.15, -0.1) is 0 Å². The maximum absolute atomic E-state index is 8.98. The molecule has 2 rings (SSSR count). The molecule has 0 spiro atoms. The van der Waals surface area contributed by atoms with Crippen LogP contribution in [-0.2, 0) is 0 Å². The maximum Gasteiger partial charge on any atom is 0.161 e. The van der Waals surface area contributed by atoms with Gasteiger partial charge >= 0.3 is 0 Å². The first-order chi connectivity index (χ1) is 8.33. The number of nitriles is 1. The van der Waals surface area contributed by atoms with E-state index in [1.54, 1.807) is 7.11 Å². The summed E-state index contributed by atoms with van der Waals surface area (Å²) in [7, 11) is 1.60. The van der Waals surface area contributed by atoms with Crippen LogP contribution in [0.15, 0.2) is 24.3 Å². The van der Waals surface area contributed by atoms with Gasteiger partial charge in [-0.25, -0.2) is 0 Å². The van der Waals surface area contributed by atoms with E-state index < -0.39 is 0 Å². The van der Waals surface area contributed by atoms with Crippen molar-refractivity contribution >= 4 is 0 Å². The molecule has 0 amide bonds. The molecule has 0 heterocycles. The Morgan fingerprint density at radius 3 is 2.71 bits per heavy atom. The van der Waals surface area contributed by atoms with Crippen molar-refractivity contribution < 1.29 is 9.47 Å². The highest BCUT2D eigenvalue weighted by Crippen LogP contribution is 2.26. The number of hydrogen-bond acceptors (Lipinski definition) is 4. The molecule has 1 aliphatic rings. The lowest BCUT2D eigenvalue weighted by Gasteiger charge is -2.14. The molecule has 17 heavy (non-hydrogen) atoms. The normalized spacial score (nSPS) is 16.0. The third-order valence-electron chi connectivity index (χ3n) is 2.64. The van der Waals surface area contributed by atoms with E-state index in [0.29, 0.717) is 24.1 Å². The largest absolute Gasteiger partial charge is 0.493 e. The minimum atomic E-state index is -0.257. The summed E-state index contributed by atoms with van der Waals surface area (Å²) in [5, 5.41) is 12.2. The fraction of sp³-hybridized carbons (Fsp3) is 0.462. The van der Waals surface area contributed by atoms with E-state index in [1.807, 2.05) is 24.3 Å². The summed E-state index contributed by atoms with van der Waals surface area (Å²) in [6, 6.07) is 9.89. The van der Waals surface area contributed by atoms with Crippen LogP contribution in [0.5, 0.6) is 11.5 Å². The zero-order valence-corrected chi connectivity index (χ0v) is 9.85. The lowest BCUT2D eigenvalue weighted by atomic mass is 10.3. The Hall–Kier alpha value is -1.73. The van der Waals surface area contributed by atoms with E-state index >= 15 is 0 Å². The summed E-state index contributed by atoms with van der Waals surface area (Å²) in [4.78, 5) is 0. The van der Waals surface area contributed by atoms with Crippen LogP contribution in [0.3, 0.4) is 0 Å². The highest BCUT2D eigenvalue weighted by Gasteiger charge is 2.24. The molecule has 1 aromatic carbocycles. The Bertz CT molecular complexity index is 410. The molecule has 0 aromatic heterocycles. The summed E-state index contributed by atoms with van der Waals surface area (Å²) in [6.07, 6.45) is 2.32. The van der Waals surface area contributed by atoms with E-state index in [-0.39, 0.29) is 6.04 Å². The van der Waals surface area contributed by atoms with Crippen LogP contribution < -0.4 is 14.8 Å². The van der Waals surface area contributed by atoms with Crippen LogP contribution in [-0.4, -0.2) is 25.8 Å². The fourth-order valence-corrected chi connectivity index (χ4v) is 1.57. The first kappa shape index (κ1) is 11.7. The molecule has 1 atom stereocenters. The molecule has 90 valence electrons. The van der Waals surface area contributed by atoms with Gasteiger partial charge in [0.25, 0.3) is 0 Å². The van der Waals surface area contributed by atoms with E-state index in [2.05, 4.69) is 11.4 Å². The number of nitrogens with zero attached hydrogens (tertiary/aromatic N) is 1. The van der Waals surface area contributed by atoms with Crippen molar-refractivity contribution in [3.05, 3.63) is 24.3 Å². The predicted molar refractivity (Wildman–Crippen MR) is 64.0 cm³/mol. The molecule has 1 unspecified atom stereocenters. The predicted octanol–water partition coefficient (Wildman–Crippen LogP) is 1.72. The lowest BCUT2D eigenvalue weighted by molar-refractivity contribution is 0.272. The second kappa shape index (κ2) is 5.55. The number of methoxy groups -OCH3 is 1. The van der Waals surface area contributed by atoms with Crippen LogP contribution in [0.1, 0.15) is 12.8 Å². The van der Waals surface area contributed by atoms with Crippen LogP contribution in [0.25, 0.3) is 0 Å². The first-order valence-electron chi connectivity index (χ1n) is 5.75. The molecular formula is C13H16N2O2. The number of rotatable bonds is 6. The molecule has 0 radical (unpaired) electrons. The monoisotopic (exact) mass is 232 g/mol. The molecule has 1 saturated carbocycles. The number of ether oxygens (including phenoxy) is 2. The standard InChI is InChI=1S/C13H16N2O2/c1-16-12-4-2-3-5-13(12)17-9-11(8-14)15-10-6-7-10/h2-5,10-11,15H,6-7,9H2,1H3. The van der Waals surface area contributed by atoms with Crippen molar-refractivity contribution in [2.24, 2.45) is 0 Å². The summed E-state index contributed by atoms with van der Waals surface area (Å²) in [5.74, 6) is 1.36. The van der Waals surface area contributed by atoms with Gasteiger partial charge in [-0.3, -0.25) is 5.32 Å². The van der Waals surface area contributed by atoms with Gasteiger partial charge in [0.2, 0.25) is 0 Å². The van der Waals surface area contributed by atoms with Gasteiger partial charge in [0.15, 0.2) is 11.5 Å². The molecular weight excluding hydrogens is 216 g/mol. The van der Waals surface area contributed by atoms with Crippen LogP contribution in [0.4, 0.5) is 0 Å². The molecule has 0 saturated heterocycles. The quantitative estimate of drug-likeness (QED) is 0.811. The van der Waals surface area contributed by atoms with Crippen molar-refractivity contribution in [1.82, 2.24) is 5.32 Å². The third-order valence-corrected chi connectivity index (χ3v) is 2.64. The molecule has 1 aliphatic carbocycles. The third kappa shape index (κ3) is 3.36. The average molecular weight is 232 g/mol. The van der Waals surface area contributed by atoms with E-state index in [1.165, 1.54) is 0 Å². The Morgan fingerprint density at radius 1 is 1.41 bits per heavy atom. The van der Waals surface area contributed by atoms with Gasteiger partial charge in [-0.05, 0) is 25.0 Å². The Balaban J connectivity index is 1.89. The highest BCUT2D eigenvalue weighted by molar-refractivity contribution is 5.39. The van der Waals surface area contributed by atoms with Crippen molar-refractivity contribution in [3.8, 4) is 17.6 Å². The van der Waals surface area contributed by atoms with Crippen LogP contribution in [0.2, 0.25) is 0 Å². The molecule has 1 N–H and O–H groups in total. The Morgan fingerprint density at radius 2 is 2.12 bits per heavy atom. The second-order valence-electron chi connectivity index (χ2n) is 4.08.